The van der Waals surface area contributed by atoms with Crippen LogP contribution < -0.4 is 0 Å². The Morgan fingerprint density at radius 1 is 1.50 bits per heavy atom. The van der Waals surface area contributed by atoms with Gasteiger partial charge in [-0.3, -0.25) is 14.6 Å². The second kappa shape index (κ2) is 4.44. The maximum atomic E-state index is 12.3. The molecule has 1 unspecified atom stereocenters. The van der Waals surface area contributed by atoms with Crippen molar-refractivity contribution in [1.82, 2.24) is 9.55 Å². The van der Waals surface area contributed by atoms with Gasteiger partial charge in [-0.25, -0.2) is 0 Å². The van der Waals surface area contributed by atoms with Crippen LogP contribution in [0, 0.1) is 5.92 Å². The first kappa shape index (κ1) is 12.8. The van der Waals surface area contributed by atoms with Gasteiger partial charge in [0.1, 0.15) is 5.92 Å². The van der Waals surface area contributed by atoms with E-state index in [9.17, 15) is 9.59 Å². The molecule has 5 heteroatoms. The number of nitrogens with zero attached hydrogens (tertiary/aromatic N) is 2. The topological polar surface area (TPSA) is 61.2 Å². The molecular weight excluding hydrogens is 256 g/mol. The number of methoxy groups -OCH3 is 1. The van der Waals surface area contributed by atoms with Crippen molar-refractivity contribution in [3.8, 4) is 0 Å². The summed E-state index contributed by atoms with van der Waals surface area (Å²) in [6, 6.07) is 3.74. The molecule has 0 saturated carbocycles. The van der Waals surface area contributed by atoms with Gasteiger partial charge in [0, 0.05) is 18.1 Å². The predicted octanol–water partition coefficient (Wildman–Crippen LogP) is 2.15. The molecule has 2 aromatic rings. The minimum atomic E-state index is -0.713. The van der Waals surface area contributed by atoms with Crippen molar-refractivity contribution in [2.45, 2.75) is 26.3 Å². The van der Waals surface area contributed by atoms with Crippen LogP contribution in [0.1, 0.15) is 35.9 Å². The van der Waals surface area contributed by atoms with Gasteiger partial charge in [-0.1, -0.05) is 13.8 Å². The summed E-state index contributed by atoms with van der Waals surface area (Å²) < 4.78 is 6.59. The van der Waals surface area contributed by atoms with E-state index in [1.165, 1.54) is 7.11 Å². The molecule has 0 bridgehead atoms. The van der Waals surface area contributed by atoms with E-state index < -0.39 is 11.9 Å². The standard InChI is InChI=1S/C15H16N2O3/c1-8(2)13-9-6-12-14(18)10(15(19)20-3)7-17(12)11(9)4-5-16-13/h4-6,8,10H,7H2,1-3H3. The van der Waals surface area contributed by atoms with Crippen molar-refractivity contribution in [3.63, 3.8) is 0 Å². The number of aromatic nitrogens is 2. The Morgan fingerprint density at radius 3 is 2.90 bits per heavy atom. The monoisotopic (exact) mass is 272 g/mol. The number of esters is 1. The van der Waals surface area contributed by atoms with Crippen molar-refractivity contribution in [1.29, 1.82) is 0 Å². The van der Waals surface area contributed by atoms with E-state index in [1.807, 2.05) is 16.7 Å². The van der Waals surface area contributed by atoms with Gasteiger partial charge >= 0.3 is 5.97 Å². The summed E-state index contributed by atoms with van der Waals surface area (Å²) >= 11 is 0. The third kappa shape index (κ3) is 1.66. The first-order chi connectivity index (χ1) is 9.54. The molecule has 0 N–H and O–H groups in total. The van der Waals surface area contributed by atoms with E-state index in [1.54, 1.807) is 6.20 Å². The highest BCUT2D eigenvalue weighted by atomic mass is 16.5. The Balaban J connectivity index is 2.15. The quantitative estimate of drug-likeness (QED) is 0.620. The van der Waals surface area contributed by atoms with Gasteiger partial charge in [-0.15, -0.1) is 0 Å². The molecule has 20 heavy (non-hydrogen) atoms. The summed E-state index contributed by atoms with van der Waals surface area (Å²) in [5.41, 5.74) is 2.51. The van der Waals surface area contributed by atoms with E-state index in [0.717, 1.165) is 16.6 Å². The van der Waals surface area contributed by atoms with Crippen molar-refractivity contribution in [3.05, 3.63) is 29.7 Å². The van der Waals surface area contributed by atoms with Gasteiger partial charge in [-0.05, 0) is 18.1 Å². The Bertz CT molecular complexity index is 715. The summed E-state index contributed by atoms with van der Waals surface area (Å²) in [5, 5.41) is 0.995. The summed E-state index contributed by atoms with van der Waals surface area (Å²) in [4.78, 5) is 28.3. The molecule has 0 saturated heterocycles. The van der Waals surface area contributed by atoms with Crippen molar-refractivity contribution >= 4 is 22.7 Å². The summed E-state index contributed by atoms with van der Waals surface area (Å²) in [6.07, 6.45) is 1.75. The smallest absolute Gasteiger partial charge is 0.318 e. The Labute approximate surface area is 116 Å². The molecule has 3 heterocycles. The SMILES string of the molecule is COC(=O)C1Cn2c(cc3c(C(C)C)nccc32)C1=O. The van der Waals surface area contributed by atoms with Crippen molar-refractivity contribution in [2.24, 2.45) is 5.92 Å². The van der Waals surface area contributed by atoms with Crippen LogP contribution in [-0.4, -0.2) is 28.4 Å². The lowest BCUT2D eigenvalue weighted by atomic mass is 10.0. The van der Waals surface area contributed by atoms with Crippen LogP contribution in [0.2, 0.25) is 0 Å². The normalized spacial score (nSPS) is 17.8. The van der Waals surface area contributed by atoms with E-state index >= 15 is 0 Å². The lowest BCUT2D eigenvalue weighted by Crippen LogP contribution is -2.22. The number of rotatable bonds is 2. The Hall–Kier alpha value is -2.17. The van der Waals surface area contributed by atoms with Crippen molar-refractivity contribution in [2.75, 3.05) is 7.11 Å². The number of Topliss-reactive ketones (excluding diaryl/α,β-unsaturated/α-hetero) is 1. The zero-order chi connectivity index (χ0) is 14.4. The lowest BCUT2D eigenvalue weighted by molar-refractivity contribution is -0.143. The maximum absolute atomic E-state index is 12.3. The van der Waals surface area contributed by atoms with E-state index in [4.69, 9.17) is 4.74 Å². The third-order valence-electron chi connectivity index (χ3n) is 3.83. The lowest BCUT2D eigenvalue weighted by Gasteiger charge is -2.08. The average molecular weight is 272 g/mol. The molecule has 2 aromatic heterocycles. The molecule has 1 aliphatic heterocycles. The molecule has 104 valence electrons. The fourth-order valence-electron chi connectivity index (χ4n) is 2.84. The van der Waals surface area contributed by atoms with Gasteiger partial charge in [0.2, 0.25) is 0 Å². The molecule has 3 rings (SSSR count). The molecule has 0 aromatic carbocycles. The fraction of sp³-hybridized carbons (Fsp3) is 0.400. The predicted molar refractivity (Wildman–Crippen MR) is 73.7 cm³/mol. The molecule has 0 amide bonds. The number of ketones is 1. The number of pyridine rings is 1. The van der Waals surface area contributed by atoms with Gasteiger partial charge in [-0.2, -0.15) is 0 Å². The number of carbonyl (C=O) groups excluding carboxylic acids is 2. The molecule has 0 fully saturated rings. The van der Waals surface area contributed by atoms with Gasteiger partial charge < -0.3 is 9.30 Å². The van der Waals surface area contributed by atoms with Crippen LogP contribution in [0.4, 0.5) is 0 Å². The summed E-state index contributed by atoms with van der Waals surface area (Å²) in [5.74, 6) is -1.06. The van der Waals surface area contributed by atoms with Crippen LogP contribution in [0.3, 0.4) is 0 Å². The van der Waals surface area contributed by atoms with Gasteiger partial charge in [0.05, 0.1) is 24.0 Å². The minimum Gasteiger partial charge on any atom is -0.468 e. The number of hydrogen-bond donors (Lipinski definition) is 0. The van der Waals surface area contributed by atoms with Gasteiger partial charge in [0.25, 0.3) is 0 Å². The first-order valence-corrected chi connectivity index (χ1v) is 6.64. The number of fused-ring (bicyclic) bond motifs is 3. The third-order valence-corrected chi connectivity index (χ3v) is 3.83. The van der Waals surface area contributed by atoms with E-state index in [0.29, 0.717) is 12.2 Å². The van der Waals surface area contributed by atoms with E-state index in [-0.39, 0.29) is 11.7 Å². The summed E-state index contributed by atoms with van der Waals surface area (Å²) in [6.45, 7) is 4.50. The highest BCUT2D eigenvalue weighted by Gasteiger charge is 2.38. The zero-order valence-corrected chi connectivity index (χ0v) is 11.7. The van der Waals surface area contributed by atoms with Crippen LogP contribution in [0.25, 0.3) is 10.9 Å². The van der Waals surface area contributed by atoms with E-state index in [2.05, 4.69) is 18.8 Å². The Kier molecular flexibility index (Phi) is 2.85. The largest absolute Gasteiger partial charge is 0.468 e. The molecule has 1 aliphatic rings. The van der Waals surface area contributed by atoms with Crippen LogP contribution in [0.5, 0.6) is 0 Å². The second-order valence-corrected chi connectivity index (χ2v) is 5.36. The highest BCUT2D eigenvalue weighted by molar-refractivity contribution is 6.12. The summed E-state index contributed by atoms with van der Waals surface area (Å²) in [7, 11) is 1.31. The highest BCUT2D eigenvalue weighted by Crippen LogP contribution is 2.32. The molecule has 0 radical (unpaired) electrons. The first-order valence-electron chi connectivity index (χ1n) is 6.64. The molecule has 0 aliphatic carbocycles. The fourth-order valence-corrected chi connectivity index (χ4v) is 2.84. The number of hydrogen-bond acceptors (Lipinski definition) is 4. The van der Waals surface area contributed by atoms with Crippen molar-refractivity contribution < 1.29 is 14.3 Å². The molecule has 1 atom stereocenters. The van der Waals surface area contributed by atoms with Gasteiger partial charge in [0.15, 0.2) is 5.78 Å². The van der Waals surface area contributed by atoms with Crippen LogP contribution in [-0.2, 0) is 16.1 Å². The molecule has 5 nitrogen and oxygen atoms in total. The zero-order valence-electron chi connectivity index (χ0n) is 11.7. The number of carbonyl (C=O) groups is 2. The average Bonchev–Trinajstić information content (AvgIpc) is 2.95. The number of ether oxygens (including phenoxy) is 1. The van der Waals surface area contributed by atoms with Crippen LogP contribution >= 0.6 is 0 Å². The second-order valence-electron chi connectivity index (χ2n) is 5.36. The maximum Gasteiger partial charge on any atom is 0.318 e. The van der Waals surface area contributed by atoms with Crippen LogP contribution in [0.15, 0.2) is 18.3 Å². The Morgan fingerprint density at radius 2 is 2.25 bits per heavy atom. The molecular formula is C15H16N2O3. The molecule has 0 spiro atoms. The minimum absolute atomic E-state index is 0.164.